The summed E-state index contributed by atoms with van der Waals surface area (Å²) >= 11 is 0. The molecule has 0 amide bonds. The highest BCUT2D eigenvalue weighted by molar-refractivity contribution is 5.55. The molecule has 0 heterocycles. The first-order valence-electron chi connectivity index (χ1n) is 9.21. The minimum atomic E-state index is 0.818. The van der Waals surface area contributed by atoms with Crippen molar-refractivity contribution in [2.75, 3.05) is 0 Å². The molecule has 0 N–H and O–H groups in total. The van der Waals surface area contributed by atoms with Crippen molar-refractivity contribution in [2.24, 2.45) is 23.7 Å². The zero-order valence-electron chi connectivity index (χ0n) is 12.7. The van der Waals surface area contributed by atoms with E-state index in [0.29, 0.717) is 0 Å². The van der Waals surface area contributed by atoms with E-state index in [1.807, 2.05) is 11.1 Å². The summed E-state index contributed by atoms with van der Waals surface area (Å²) in [6.07, 6.45) is 10.6. The van der Waals surface area contributed by atoms with E-state index >= 15 is 0 Å². The lowest BCUT2D eigenvalue weighted by molar-refractivity contribution is 0.0678. The van der Waals surface area contributed by atoms with Crippen molar-refractivity contribution in [1.82, 2.24) is 0 Å². The fourth-order valence-corrected chi connectivity index (χ4v) is 7.24. The van der Waals surface area contributed by atoms with E-state index in [0.717, 1.165) is 35.5 Å². The number of hydrogen-bond acceptors (Lipinski definition) is 0. The molecule has 0 heteroatoms. The van der Waals surface area contributed by atoms with Gasteiger partial charge in [0, 0.05) is 11.8 Å². The standard InChI is InChI=1S/C21H24/c1-2-4-17-16(3-1)18-5-6-19(17)21(18)20-14-8-12-7-13(10-14)11-15(20)9-12/h1-4,12-15,18-19H,5-11H2. The average molecular weight is 276 g/mol. The van der Waals surface area contributed by atoms with Crippen molar-refractivity contribution in [3.8, 4) is 0 Å². The van der Waals surface area contributed by atoms with Crippen molar-refractivity contribution in [3.63, 3.8) is 0 Å². The Balaban J connectivity index is 1.53. The topological polar surface area (TPSA) is 0 Å². The maximum atomic E-state index is 2.43. The SMILES string of the molecule is c1ccc2c(c1)C1CCC2C1=C1C2CC3CC(C2)CC1C3. The molecule has 1 aromatic rings. The first-order valence-corrected chi connectivity index (χ1v) is 9.21. The molecule has 5 fully saturated rings. The normalized spacial score (nSPS) is 45.5. The van der Waals surface area contributed by atoms with Crippen LogP contribution in [0.4, 0.5) is 0 Å². The molecule has 0 saturated heterocycles. The van der Waals surface area contributed by atoms with Gasteiger partial charge >= 0.3 is 0 Å². The molecule has 5 saturated carbocycles. The monoisotopic (exact) mass is 276 g/mol. The summed E-state index contributed by atoms with van der Waals surface area (Å²) < 4.78 is 0. The van der Waals surface area contributed by atoms with Crippen LogP contribution in [-0.2, 0) is 0 Å². The number of allylic oxidation sites excluding steroid dienone is 2. The predicted molar refractivity (Wildman–Crippen MR) is 85.2 cm³/mol. The molecule has 6 bridgehead atoms. The van der Waals surface area contributed by atoms with Gasteiger partial charge < -0.3 is 0 Å². The van der Waals surface area contributed by atoms with Gasteiger partial charge in [-0.3, -0.25) is 0 Å². The highest BCUT2D eigenvalue weighted by atomic mass is 14.5. The van der Waals surface area contributed by atoms with Crippen LogP contribution in [0.15, 0.2) is 35.4 Å². The van der Waals surface area contributed by atoms with Gasteiger partial charge in [0.1, 0.15) is 0 Å². The molecule has 6 aliphatic carbocycles. The zero-order valence-corrected chi connectivity index (χ0v) is 12.7. The summed E-state index contributed by atoms with van der Waals surface area (Å²) in [6.45, 7) is 0. The third-order valence-electron chi connectivity index (χ3n) is 7.59. The molecular weight excluding hydrogens is 252 g/mol. The van der Waals surface area contributed by atoms with Crippen LogP contribution in [0.1, 0.15) is 67.9 Å². The summed E-state index contributed by atoms with van der Waals surface area (Å²) in [7, 11) is 0. The van der Waals surface area contributed by atoms with Crippen LogP contribution in [0, 0.1) is 23.7 Å². The molecular formula is C21H24. The number of rotatable bonds is 0. The highest BCUT2D eigenvalue weighted by Gasteiger charge is 2.50. The molecule has 0 nitrogen and oxygen atoms in total. The Hall–Kier alpha value is -1.04. The molecule has 2 unspecified atom stereocenters. The van der Waals surface area contributed by atoms with E-state index in [-0.39, 0.29) is 0 Å². The quantitative estimate of drug-likeness (QED) is 0.555. The van der Waals surface area contributed by atoms with Crippen LogP contribution < -0.4 is 0 Å². The van der Waals surface area contributed by atoms with Gasteiger partial charge in [-0.1, -0.05) is 35.4 Å². The smallest absolute Gasteiger partial charge is 0.00604 e. The first-order chi connectivity index (χ1) is 10.4. The van der Waals surface area contributed by atoms with Gasteiger partial charge in [0.25, 0.3) is 0 Å². The van der Waals surface area contributed by atoms with Crippen molar-refractivity contribution in [3.05, 3.63) is 46.5 Å². The van der Waals surface area contributed by atoms with E-state index in [1.165, 1.54) is 12.8 Å². The summed E-state index contributed by atoms with van der Waals surface area (Å²) in [5.74, 6) is 5.82. The predicted octanol–water partition coefficient (Wildman–Crippen LogP) is 5.41. The second kappa shape index (κ2) is 3.83. The van der Waals surface area contributed by atoms with Gasteiger partial charge in [-0.05, 0) is 79.7 Å². The molecule has 21 heavy (non-hydrogen) atoms. The Morgan fingerprint density at radius 2 is 1.14 bits per heavy atom. The van der Waals surface area contributed by atoms with Crippen LogP contribution in [0.5, 0.6) is 0 Å². The summed E-state index contributed by atoms with van der Waals surface area (Å²) in [5, 5.41) is 0. The number of hydrogen-bond donors (Lipinski definition) is 0. The maximum Gasteiger partial charge on any atom is 0.00604 e. The van der Waals surface area contributed by atoms with Crippen LogP contribution in [-0.4, -0.2) is 0 Å². The summed E-state index contributed by atoms with van der Waals surface area (Å²) in [4.78, 5) is 0. The van der Waals surface area contributed by atoms with E-state index in [2.05, 4.69) is 24.3 Å². The Labute approximate surface area is 127 Å². The number of benzene rings is 1. The third kappa shape index (κ3) is 1.38. The largest absolute Gasteiger partial charge is 0.0635 e. The fraction of sp³-hybridized carbons (Fsp3) is 0.619. The molecule has 6 aliphatic rings. The molecule has 0 radical (unpaired) electrons. The average Bonchev–Trinajstić information content (AvgIpc) is 3.03. The minimum absolute atomic E-state index is 0.818. The summed E-state index contributed by atoms with van der Waals surface area (Å²) in [5.41, 5.74) is 7.35. The lowest BCUT2D eigenvalue weighted by Crippen LogP contribution is -2.41. The van der Waals surface area contributed by atoms with Crippen LogP contribution in [0.3, 0.4) is 0 Å². The zero-order chi connectivity index (χ0) is 13.6. The van der Waals surface area contributed by atoms with Crippen molar-refractivity contribution in [2.45, 2.75) is 56.8 Å². The van der Waals surface area contributed by atoms with Crippen molar-refractivity contribution in [1.29, 1.82) is 0 Å². The molecule has 108 valence electrons. The molecule has 0 aliphatic heterocycles. The Kier molecular flexibility index (Phi) is 2.10. The second-order valence-electron chi connectivity index (χ2n) is 8.53. The molecule has 0 spiro atoms. The van der Waals surface area contributed by atoms with Gasteiger partial charge in [-0.2, -0.15) is 0 Å². The van der Waals surface area contributed by atoms with Crippen molar-refractivity contribution >= 4 is 0 Å². The van der Waals surface area contributed by atoms with Crippen LogP contribution >= 0.6 is 0 Å². The Morgan fingerprint density at radius 3 is 1.67 bits per heavy atom. The van der Waals surface area contributed by atoms with E-state index in [4.69, 9.17) is 0 Å². The molecule has 7 rings (SSSR count). The van der Waals surface area contributed by atoms with Crippen LogP contribution in [0.25, 0.3) is 0 Å². The molecule has 2 atom stereocenters. The maximum absolute atomic E-state index is 2.43. The van der Waals surface area contributed by atoms with Crippen LogP contribution in [0.2, 0.25) is 0 Å². The highest BCUT2D eigenvalue weighted by Crippen LogP contribution is 2.64. The van der Waals surface area contributed by atoms with Crippen molar-refractivity contribution < 1.29 is 0 Å². The molecule has 0 aromatic heterocycles. The van der Waals surface area contributed by atoms with Gasteiger partial charge in [0.2, 0.25) is 0 Å². The van der Waals surface area contributed by atoms with E-state index in [9.17, 15) is 0 Å². The van der Waals surface area contributed by atoms with Gasteiger partial charge in [0.15, 0.2) is 0 Å². The third-order valence-corrected chi connectivity index (χ3v) is 7.59. The Morgan fingerprint density at radius 1 is 0.619 bits per heavy atom. The summed E-state index contributed by atoms with van der Waals surface area (Å²) in [6, 6.07) is 9.38. The van der Waals surface area contributed by atoms with Gasteiger partial charge in [0.05, 0.1) is 0 Å². The fourth-order valence-electron chi connectivity index (χ4n) is 7.24. The minimum Gasteiger partial charge on any atom is -0.0635 e. The number of fused-ring (bicyclic) bond motifs is 5. The lowest BCUT2D eigenvalue weighted by atomic mass is 9.53. The lowest BCUT2D eigenvalue weighted by Gasteiger charge is -2.52. The second-order valence-corrected chi connectivity index (χ2v) is 8.53. The van der Waals surface area contributed by atoms with E-state index in [1.54, 1.807) is 43.2 Å². The first kappa shape index (κ1) is 11.5. The van der Waals surface area contributed by atoms with Gasteiger partial charge in [-0.15, -0.1) is 0 Å². The Bertz CT molecular complexity index is 587. The van der Waals surface area contributed by atoms with Gasteiger partial charge in [-0.25, -0.2) is 0 Å². The van der Waals surface area contributed by atoms with E-state index < -0.39 is 0 Å². The molecule has 1 aromatic carbocycles.